The molecule has 2 N–H and O–H groups in total. The highest BCUT2D eigenvalue weighted by molar-refractivity contribution is 9.10. The lowest BCUT2D eigenvalue weighted by molar-refractivity contribution is -0.116. The van der Waals surface area contributed by atoms with Crippen LogP contribution in [-0.2, 0) is 14.8 Å². The Hall–Kier alpha value is -2.92. The van der Waals surface area contributed by atoms with E-state index in [1.165, 1.54) is 13.2 Å². The maximum atomic E-state index is 12.4. The number of hydrogen-bond donors (Lipinski definition) is 2. The number of nitrogens with one attached hydrogen (secondary N) is 1. The van der Waals surface area contributed by atoms with Crippen molar-refractivity contribution in [2.75, 3.05) is 24.2 Å². The Bertz CT molecular complexity index is 1210. The number of aromatic hydroxyl groups is 1. The van der Waals surface area contributed by atoms with Crippen LogP contribution < -0.4 is 9.04 Å². The molecule has 0 unspecified atom stereocenters. The standard InChI is InChI=1S/C18H17BrN4O5S/c1-28-15-6-4-3-5-14(15)23(29(2,26)27)10-16(24)21-22-17-12-9-11(19)7-8-13(12)20-18(17)25/h3-9,20,25H,10H2,1-2H3. The Kier molecular flexibility index (Phi) is 5.89. The number of carbonyl (C=O) groups excluding carboxylic acids is 1. The van der Waals surface area contributed by atoms with Crippen LogP contribution in [0.4, 0.5) is 11.4 Å². The molecule has 1 aromatic heterocycles. The zero-order valence-corrected chi connectivity index (χ0v) is 17.9. The number of hydrogen-bond acceptors (Lipinski definition) is 6. The van der Waals surface area contributed by atoms with Crippen molar-refractivity contribution in [3.8, 4) is 11.6 Å². The van der Waals surface area contributed by atoms with Crippen LogP contribution in [0.15, 0.2) is 57.2 Å². The van der Waals surface area contributed by atoms with Gasteiger partial charge in [-0.25, -0.2) is 8.42 Å². The largest absolute Gasteiger partial charge is 0.495 e. The van der Waals surface area contributed by atoms with Crippen LogP contribution >= 0.6 is 15.9 Å². The number of azo groups is 1. The third-order valence-electron chi connectivity index (χ3n) is 4.01. The Morgan fingerprint density at radius 3 is 2.69 bits per heavy atom. The molecule has 0 fully saturated rings. The number of benzene rings is 2. The number of para-hydroxylation sites is 2. The number of nitrogens with zero attached hydrogens (tertiary/aromatic N) is 3. The van der Waals surface area contributed by atoms with Crippen LogP contribution in [0.25, 0.3) is 10.9 Å². The van der Waals surface area contributed by atoms with Crippen molar-refractivity contribution >= 4 is 54.1 Å². The summed E-state index contributed by atoms with van der Waals surface area (Å²) in [6, 6.07) is 11.6. The highest BCUT2D eigenvalue weighted by Crippen LogP contribution is 2.37. The van der Waals surface area contributed by atoms with Crippen molar-refractivity contribution in [1.82, 2.24) is 4.98 Å². The van der Waals surface area contributed by atoms with Crippen LogP contribution in [0, 0.1) is 0 Å². The molecule has 9 nitrogen and oxygen atoms in total. The molecular formula is C18H17BrN4O5S. The van der Waals surface area contributed by atoms with Crippen molar-refractivity contribution in [2.45, 2.75) is 0 Å². The van der Waals surface area contributed by atoms with Gasteiger partial charge in [-0.3, -0.25) is 9.10 Å². The highest BCUT2D eigenvalue weighted by atomic mass is 79.9. The molecule has 0 saturated heterocycles. The second-order valence-corrected chi connectivity index (χ2v) is 8.87. The topological polar surface area (TPSA) is 124 Å². The number of sulfonamides is 1. The molecule has 0 aliphatic rings. The van der Waals surface area contributed by atoms with Gasteiger partial charge in [-0.05, 0) is 30.3 Å². The fourth-order valence-corrected chi connectivity index (χ4v) is 3.93. The summed E-state index contributed by atoms with van der Waals surface area (Å²) in [4.78, 5) is 15.1. The summed E-state index contributed by atoms with van der Waals surface area (Å²) in [6.07, 6.45) is 0.979. The molecular weight excluding hydrogens is 464 g/mol. The summed E-state index contributed by atoms with van der Waals surface area (Å²) in [7, 11) is -2.40. The molecule has 3 aromatic rings. The van der Waals surface area contributed by atoms with Crippen LogP contribution in [0.5, 0.6) is 11.6 Å². The predicted octanol–water partition coefficient (Wildman–Crippen LogP) is 3.72. The van der Waals surface area contributed by atoms with Crippen LogP contribution in [-0.4, -0.2) is 44.3 Å². The van der Waals surface area contributed by atoms with Gasteiger partial charge >= 0.3 is 0 Å². The molecule has 2 aromatic carbocycles. The van der Waals surface area contributed by atoms with E-state index in [0.29, 0.717) is 16.7 Å². The normalized spacial score (nSPS) is 11.8. The summed E-state index contributed by atoms with van der Waals surface area (Å²) >= 11 is 3.33. The molecule has 152 valence electrons. The van der Waals surface area contributed by atoms with E-state index in [0.717, 1.165) is 15.0 Å². The van der Waals surface area contributed by atoms with Gasteiger partial charge in [-0.2, -0.15) is 0 Å². The molecule has 0 aliphatic heterocycles. The number of aromatic amines is 1. The van der Waals surface area contributed by atoms with Crippen molar-refractivity contribution in [3.05, 3.63) is 46.9 Å². The molecule has 29 heavy (non-hydrogen) atoms. The lowest BCUT2D eigenvalue weighted by Gasteiger charge is -2.22. The van der Waals surface area contributed by atoms with Gasteiger partial charge in [0.15, 0.2) is 5.69 Å². The number of ether oxygens (including phenoxy) is 1. The van der Waals surface area contributed by atoms with Crippen molar-refractivity contribution < 1.29 is 23.1 Å². The van der Waals surface area contributed by atoms with E-state index in [-0.39, 0.29) is 17.3 Å². The average molecular weight is 481 g/mol. The van der Waals surface area contributed by atoms with Gasteiger partial charge in [0, 0.05) is 9.86 Å². The van der Waals surface area contributed by atoms with Crippen molar-refractivity contribution in [1.29, 1.82) is 0 Å². The van der Waals surface area contributed by atoms with E-state index < -0.39 is 22.5 Å². The van der Waals surface area contributed by atoms with Gasteiger partial charge in [0.25, 0.3) is 5.91 Å². The van der Waals surface area contributed by atoms with E-state index in [9.17, 15) is 18.3 Å². The van der Waals surface area contributed by atoms with Gasteiger partial charge in [-0.15, -0.1) is 10.2 Å². The van der Waals surface area contributed by atoms with Gasteiger partial charge in [0.1, 0.15) is 12.3 Å². The lowest BCUT2D eigenvalue weighted by Crippen LogP contribution is -2.34. The zero-order chi connectivity index (χ0) is 21.2. The molecule has 3 rings (SSSR count). The first-order valence-electron chi connectivity index (χ1n) is 8.26. The van der Waals surface area contributed by atoms with Crippen LogP contribution in [0.1, 0.15) is 0 Å². The van der Waals surface area contributed by atoms with Crippen molar-refractivity contribution in [3.63, 3.8) is 0 Å². The third-order valence-corrected chi connectivity index (χ3v) is 5.63. The minimum absolute atomic E-state index is 0.0813. The number of methoxy groups -OCH3 is 1. The van der Waals surface area contributed by atoms with E-state index in [1.807, 2.05) is 0 Å². The van der Waals surface area contributed by atoms with Crippen LogP contribution in [0.2, 0.25) is 0 Å². The summed E-state index contributed by atoms with van der Waals surface area (Å²) < 4.78 is 31.3. The summed E-state index contributed by atoms with van der Waals surface area (Å²) in [5.41, 5.74) is 0.900. The van der Waals surface area contributed by atoms with Crippen LogP contribution in [0.3, 0.4) is 0 Å². The number of fused-ring (bicyclic) bond motifs is 1. The maximum absolute atomic E-state index is 12.4. The fourth-order valence-electron chi connectivity index (χ4n) is 2.71. The fraction of sp³-hybridized carbons (Fsp3) is 0.167. The minimum atomic E-state index is -3.80. The molecule has 0 spiro atoms. The average Bonchev–Trinajstić information content (AvgIpc) is 2.98. The number of carbonyl (C=O) groups is 1. The number of rotatable bonds is 6. The Balaban J connectivity index is 1.90. The zero-order valence-electron chi connectivity index (χ0n) is 15.5. The van der Waals surface area contributed by atoms with E-state index in [4.69, 9.17) is 4.74 Å². The first-order chi connectivity index (χ1) is 13.7. The number of anilines is 1. The third kappa shape index (κ3) is 4.57. The number of H-pyrrole nitrogens is 1. The molecule has 1 heterocycles. The molecule has 0 atom stereocenters. The molecule has 0 aliphatic carbocycles. The Labute approximate surface area is 175 Å². The Morgan fingerprint density at radius 1 is 1.28 bits per heavy atom. The smallest absolute Gasteiger partial charge is 0.285 e. The van der Waals surface area contributed by atoms with E-state index >= 15 is 0 Å². The SMILES string of the molecule is COc1ccccc1N(CC(=O)N=Nc1c(O)[nH]c2ccc(Br)cc12)S(C)(=O)=O. The molecule has 0 bridgehead atoms. The van der Waals surface area contributed by atoms with Gasteiger partial charge < -0.3 is 14.8 Å². The van der Waals surface area contributed by atoms with Gasteiger partial charge in [0.05, 0.1) is 24.6 Å². The second-order valence-electron chi connectivity index (χ2n) is 6.05. The maximum Gasteiger partial charge on any atom is 0.285 e. The molecule has 0 saturated carbocycles. The minimum Gasteiger partial charge on any atom is -0.495 e. The van der Waals surface area contributed by atoms with E-state index in [2.05, 4.69) is 31.1 Å². The molecule has 0 radical (unpaired) electrons. The molecule has 1 amide bonds. The quantitative estimate of drug-likeness (QED) is 0.520. The first-order valence-corrected chi connectivity index (χ1v) is 10.9. The monoisotopic (exact) mass is 480 g/mol. The number of halogens is 1. The summed E-state index contributed by atoms with van der Waals surface area (Å²) in [5, 5.41) is 18.0. The lowest BCUT2D eigenvalue weighted by atomic mass is 10.2. The van der Waals surface area contributed by atoms with Gasteiger partial charge in [0.2, 0.25) is 15.9 Å². The first kappa shape index (κ1) is 20.8. The summed E-state index contributed by atoms with van der Waals surface area (Å²) in [5.74, 6) is -0.772. The summed E-state index contributed by atoms with van der Waals surface area (Å²) in [6.45, 7) is -0.574. The van der Waals surface area contributed by atoms with E-state index in [1.54, 1.807) is 36.4 Å². The second kappa shape index (κ2) is 8.21. The predicted molar refractivity (Wildman–Crippen MR) is 112 cm³/mol. The Morgan fingerprint density at radius 2 is 2.00 bits per heavy atom. The highest BCUT2D eigenvalue weighted by Gasteiger charge is 2.24. The number of aromatic nitrogens is 1. The number of amides is 1. The molecule has 11 heteroatoms. The van der Waals surface area contributed by atoms with Gasteiger partial charge in [-0.1, -0.05) is 28.1 Å². The van der Waals surface area contributed by atoms with Crippen molar-refractivity contribution in [2.24, 2.45) is 10.2 Å².